The van der Waals surface area contributed by atoms with E-state index in [2.05, 4.69) is 0 Å². The molecular formula is C14H13Cl6NO2. The van der Waals surface area contributed by atoms with E-state index in [1.807, 2.05) is 6.92 Å². The minimum absolute atomic E-state index is 0.0568. The predicted molar refractivity (Wildman–Crippen MR) is 93.6 cm³/mol. The van der Waals surface area contributed by atoms with E-state index < -0.39 is 37.7 Å². The molecule has 9 heteroatoms. The van der Waals surface area contributed by atoms with Gasteiger partial charge in [-0.2, -0.15) is 0 Å². The van der Waals surface area contributed by atoms with Gasteiger partial charge in [-0.15, -0.1) is 23.2 Å². The van der Waals surface area contributed by atoms with Gasteiger partial charge in [0, 0.05) is 6.54 Å². The van der Waals surface area contributed by atoms with E-state index in [1.165, 1.54) is 4.90 Å². The molecule has 1 heterocycles. The summed E-state index contributed by atoms with van der Waals surface area (Å²) in [5.41, 5.74) is 0. The summed E-state index contributed by atoms with van der Waals surface area (Å²) in [5, 5.41) is -0.114. The Labute approximate surface area is 164 Å². The van der Waals surface area contributed by atoms with Crippen LogP contribution in [0.5, 0.6) is 0 Å². The summed E-state index contributed by atoms with van der Waals surface area (Å²) in [5.74, 6) is -2.91. The van der Waals surface area contributed by atoms with Gasteiger partial charge in [-0.3, -0.25) is 14.5 Å². The van der Waals surface area contributed by atoms with Crippen molar-refractivity contribution in [2.75, 3.05) is 6.54 Å². The lowest BCUT2D eigenvalue weighted by atomic mass is 9.84. The van der Waals surface area contributed by atoms with Gasteiger partial charge in [0.05, 0.1) is 21.9 Å². The van der Waals surface area contributed by atoms with E-state index >= 15 is 0 Å². The minimum Gasteiger partial charge on any atom is -0.282 e. The normalized spacial score (nSPS) is 41.3. The van der Waals surface area contributed by atoms with Crippen LogP contribution >= 0.6 is 69.6 Å². The summed E-state index contributed by atoms with van der Waals surface area (Å²) in [4.78, 5) is 23.4. The number of hydrogen-bond donors (Lipinski definition) is 0. The molecule has 4 atom stereocenters. The number of carbonyl (C=O) groups is 2. The molecule has 2 amide bonds. The Morgan fingerprint density at radius 3 is 1.74 bits per heavy atom. The summed E-state index contributed by atoms with van der Waals surface area (Å²) in [6, 6.07) is 0. The number of fused-ring (bicyclic) bond motifs is 5. The lowest BCUT2D eigenvalue weighted by Crippen LogP contribution is -2.50. The Kier molecular flexibility index (Phi) is 4.45. The zero-order valence-electron chi connectivity index (χ0n) is 12.0. The second-order valence-electron chi connectivity index (χ2n) is 6.12. The van der Waals surface area contributed by atoms with Crippen LogP contribution in [0.15, 0.2) is 10.1 Å². The standard InChI is InChI=1S/C14H13Cl6NO2/c1-2-3-4-5-21-10(22)6-7(11(21)23)13(18)9(16)8(15)12(6,17)14(13,19)20/h6-7H,2-5H2,1H3/t6-,7+,12-,13-/m0/s1. The van der Waals surface area contributed by atoms with Gasteiger partial charge in [-0.05, 0) is 6.42 Å². The molecule has 3 rings (SSSR count). The lowest BCUT2D eigenvalue weighted by molar-refractivity contribution is -0.140. The first kappa shape index (κ1) is 18.4. The molecule has 1 saturated carbocycles. The SMILES string of the molecule is CCCCCN1C(=O)[C@@H]2[C@H](C1=O)[C@]1(Cl)C(Cl)=C(Cl)[C@]2(Cl)C1(Cl)Cl. The maximum absolute atomic E-state index is 12.8. The second-order valence-corrected chi connectivity index (χ2v) is 9.39. The summed E-state index contributed by atoms with van der Waals surface area (Å²) in [6.45, 7) is 2.34. The van der Waals surface area contributed by atoms with Gasteiger partial charge in [0.1, 0.15) is 9.75 Å². The molecule has 3 nitrogen and oxygen atoms in total. The molecule has 2 fully saturated rings. The smallest absolute Gasteiger partial charge is 0.235 e. The highest BCUT2D eigenvalue weighted by molar-refractivity contribution is 6.66. The third-order valence-corrected chi connectivity index (χ3v) is 9.24. The van der Waals surface area contributed by atoms with Crippen LogP contribution in [0.1, 0.15) is 26.2 Å². The first-order valence-electron chi connectivity index (χ1n) is 7.25. The topological polar surface area (TPSA) is 37.4 Å². The van der Waals surface area contributed by atoms with Crippen LogP contribution in [0.25, 0.3) is 0 Å². The van der Waals surface area contributed by atoms with Gasteiger partial charge in [-0.1, -0.05) is 66.2 Å². The highest BCUT2D eigenvalue weighted by Crippen LogP contribution is 2.77. The van der Waals surface area contributed by atoms with E-state index in [4.69, 9.17) is 69.6 Å². The summed E-state index contributed by atoms with van der Waals surface area (Å²) in [7, 11) is 0. The van der Waals surface area contributed by atoms with Crippen molar-refractivity contribution in [3.8, 4) is 0 Å². The molecule has 23 heavy (non-hydrogen) atoms. The second kappa shape index (κ2) is 5.56. The molecule has 0 aromatic rings. The summed E-state index contributed by atoms with van der Waals surface area (Å²) < 4.78 is -1.85. The molecule has 0 spiro atoms. The molecule has 0 unspecified atom stereocenters. The average Bonchev–Trinajstić information content (AvgIpc) is 2.86. The van der Waals surface area contributed by atoms with Gasteiger partial charge < -0.3 is 0 Å². The van der Waals surface area contributed by atoms with Crippen molar-refractivity contribution >= 4 is 81.4 Å². The Morgan fingerprint density at radius 2 is 1.35 bits per heavy atom. The third-order valence-electron chi connectivity index (χ3n) is 4.99. The molecular weight excluding hydrogens is 427 g/mol. The quantitative estimate of drug-likeness (QED) is 0.364. The monoisotopic (exact) mass is 437 g/mol. The van der Waals surface area contributed by atoms with Gasteiger partial charge in [0.25, 0.3) is 0 Å². The van der Waals surface area contributed by atoms with E-state index in [0.29, 0.717) is 13.0 Å². The number of likely N-dealkylation sites (tertiary alicyclic amines) is 1. The summed E-state index contributed by atoms with van der Waals surface area (Å²) >= 11 is 38.4. The van der Waals surface area contributed by atoms with E-state index in [1.54, 1.807) is 0 Å². The maximum Gasteiger partial charge on any atom is 0.235 e. The molecule has 0 radical (unpaired) electrons. The van der Waals surface area contributed by atoms with Crippen LogP contribution in [0.2, 0.25) is 0 Å². The molecule has 0 N–H and O–H groups in total. The van der Waals surface area contributed by atoms with Crippen LogP contribution in [0.4, 0.5) is 0 Å². The first-order valence-corrected chi connectivity index (χ1v) is 9.52. The predicted octanol–water partition coefficient (Wildman–Crippen LogP) is 4.62. The molecule has 2 aliphatic carbocycles. The van der Waals surface area contributed by atoms with Crippen LogP contribution in [0.3, 0.4) is 0 Å². The molecule has 3 aliphatic rings. The van der Waals surface area contributed by atoms with Gasteiger partial charge in [0.15, 0.2) is 4.33 Å². The molecule has 128 valence electrons. The fraction of sp³-hybridized carbons (Fsp3) is 0.714. The average molecular weight is 440 g/mol. The van der Waals surface area contributed by atoms with E-state index in [0.717, 1.165) is 12.8 Å². The van der Waals surface area contributed by atoms with E-state index in [-0.39, 0.29) is 10.1 Å². The number of nitrogens with zero attached hydrogens (tertiary/aromatic N) is 1. The number of rotatable bonds is 4. The molecule has 1 saturated heterocycles. The van der Waals surface area contributed by atoms with Crippen molar-refractivity contribution in [3.05, 3.63) is 10.1 Å². The Hall–Kier alpha value is 0.620. The minimum atomic E-state index is -1.85. The van der Waals surface area contributed by atoms with Crippen LogP contribution in [-0.4, -0.2) is 37.3 Å². The Bertz CT molecular complexity index is 589. The van der Waals surface area contributed by atoms with E-state index in [9.17, 15) is 9.59 Å². The van der Waals surface area contributed by atoms with Gasteiger partial charge >= 0.3 is 0 Å². The Balaban J connectivity index is 2.06. The largest absolute Gasteiger partial charge is 0.282 e. The number of imide groups is 1. The highest BCUT2D eigenvalue weighted by Gasteiger charge is 2.87. The fourth-order valence-corrected chi connectivity index (χ4v) is 6.72. The maximum atomic E-state index is 12.8. The Morgan fingerprint density at radius 1 is 0.913 bits per heavy atom. The zero-order chi connectivity index (χ0) is 17.4. The highest BCUT2D eigenvalue weighted by atomic mass is 35.5. The number of alkyl halides is 4. The lowest BCUT2D eigenvalue weighted by Gasteiger charge is -2.34. The molecule has 1 aliphatic heterocycles. The van der Waals surface area contributed by atoms with Crippen molar-refractivity contribution < 1.29 is 9.59 Å². The number of halogens is 6. The number of unbranched alkanes of at least 4 members (excludes halogenated alkanes) is 2. The van der Waals surface area contributed by atoms with Crippen molar-refractivity contribution in [1.82, 2.24) is 4.90 Å². The van der Waals surface area contributed by atoms with Crippen molar-refractivity contribution in [1.29, 1.82) is 0 Å². The zero-order valence-corrected chi connectivity index (χ0v) is 16.6. The summed E-state index contributed by atoms with van der Waals surface area (Å²) in [6.07, 6.45) is 2.58. The number of carbonyl (C=O) groups excluding carboxylic acids is 2. The molecule has 0 aromatic carbocycles. The van der Waals surface area contributed by atoms with Crippen LogP contribution in [-0.2, 0) is 9.59 Å². The van der Waals surface area contributed by atoms with Gasteiger partial charge in [-0.25, -0.2) is 0 Å². The van der Waals surface area contributed by atoms with Crippen molar-refractivity contribution in [3.63, 3.8) is 0 Å². The van der Waals surface area contributed by atoms with Crippen molar-refractivity contribution in [2.24, 2.45) is 11.8 Å². The number of allylic oxidation sites excluding steroid dienone is 2. The molecule has 2 bridgehead atoms. The van der Waals surface area contributed by atoms with Crippen LogP contribution < -0.4 is 0 Å². The van der Waals surface area contributed by atoms with Crippen molar-refractivity contribution in [2.45, 2.75) is 40.3 Å². The molecule has 0 aromatic heterocycles. The van der Waals surface area contributed by atoms with Crippen LogP contribution in [0, 0.1) is 11.8 Å². The first-order chi connectivity index (χ1) is 10.6. The fourth-order valence-electron chi connectivity index (χ4n) is 3.79. The van der Waals surface area contributed by atoms with Gasteiger partial charge in [0.2, 0.25) is 11.8 Å². The number of hydrogen-bond acceptors (Lipinski definition) is 2. The number of amides is 2. The third kappa shape index (κ3) is 1.88.